The van der Waals surface area contributed by atoms with E-state index in [1.807, 2.05) is 6.08 Å². The molecular formula is C54H54N2O2. The van der Waals surface area contributed by atoms with E-state index in [2.05, 4.69) is 200 Å². The molecule has 4 nitrogen and oxygen atoms in total. The van der Waals surface area contributed by atoms with Crippen molar-refractivity contribution in [3.8, 4) is 11.1 Å². The van der Waals surface area contributed by atoms with E-state index >= 15 is 0 Å². The number of nitrogens with zero attached hydrogens (tertiary/aromatic N) is 2. The molecule has 0 saturated heterocycles. The summed E-state index contributed by atoms with van der Waals surface area (Å²) in [5, 5.41) is 0. The molecule has 0 aromatic heterocycles. The van der Waals surface area contributed by atoms with Crippen molar-refractivity contribution in [3.63, 3.8) is 0 Å². The van der Waals surface area contributed by atoms with Crippen LogP contribution in [0.4, 0.5) is 34.1 Å². The van der Waals surface area contributed by atoms with E-state index in [9.17, 15) is 0 Å². The zero-order chi connectivity index (χ0) is 40.1. The molecule has 58 heavy (non-hydrogen) atoms. The van der Waals surface area contributed by atoms with Crippen LogP contribution in [0.25, 0.3) is 17.2 Å². The van der Waals surface area contributed by atoms with Crippen LogP contribution in [0.3, 0.4) is 0 Å². The van der Waals surface area contributed by atoms with Gasteiger partial charge in [-0.15, -0.1) is 0 Å². The maximum Gasteiger partial charge on any atom is 0.0721 e. The van der Waals surface area contributed by atoms with E-state index in [1.165, 1.54) is 22.3 Å². The van der Waals surface area contributed by atoms with E-state index < -0.39 is 0 Å². The second kappa shape index (κ2) is 19.8. The van der Waals surface area contributed by atoms with Gasteiger partial charge in [-0.25, -0.2) is 0 Å². The third-order valence-corrected chi connectivity index (χ3v) is 10.5. The summed E-state index contributed by atoms with van der Waals surface area (Å²) < 4.78 is 11.5. The SMILES string of the molecule is C=Cc1ccc(COCc2ccc(N(c3ccc(CCC)cc3)c3ccc(-c4ccc(N(c5ccc(CCC)cc5)c5ccc(COC)cc5)cc4)cc3)cc2)cc1. The number of ether oxygens (including phenoxy) is 2. The number of benzene rings is 7. The lowest BCUT2D eigenvalue weighted by atomic mass is 10.0. The predicted molar refractivity (Wildman–Crippen MR) is 245 cm³/mol. The molecule has 0 unspecified atom stereocenters. The lowest BCUT2D eigenvalue weighted by Crippen LogP contribution is -2.10. The molecule has 0 N–H and O–H groups in total. The smallest absolute Gasteiger partial charge is 0.0721 e. The molecule has 0 atom stereocenters. The Kier molecular flexibility index (Phi) is 13.6. The van der Waals surface area contributed by atoms with E-state index in [0.29, 0.717) is 19.8 Å². The normalized spacial score (nSPS) is 11.0. The summed E-state index contributed by atoms with van der Waals surface area (Å²) in [4.78, 5) is 4.65. The second-order valence-electron chi connectivity index (χ2n) is 14.8. The van der Waals surface area contributed by atoms with E-state index in [0.717, 1.165) is 82.1 Å². The number of hydrogen-bond donors (Lipinski definition) is 0. The van der Waals surface area contributed by atoms with E-state index in [4.69, 9.17) is 9.47 Å². The van der Waals surface area contributed by atoms with Crippen LogP contribution in [0.1, 0.15) is 60.1 Å². The Hall–Kier alpha value is -6.20. The van der Waals surface area contributed by atoms with E-state index in [1.54, 1.807) is 7.11 Å². The fraction of sp³-hybridized carbons (Fsp3) is 0.185. The fourth-order valence-electron chi connectivity index (χ4n) is 7.39. The zero-order valence-electron chi connectivity index (χ0n) is 34.1. The average molecular weight is 763 g/mol. The molecule has 0 fully saturated rings. The number of rotatable bonds is 18. The van der Waals surface area contributed by atoms with Crippen LogP contribution in [0, 0.1) is 0 Å². The molecule has 0 aliphatic heterocycles. The van der Waals surface area contributed by atoms with Crippen LogP contribution in [0.15, 0.2) is 176 Å². The van der Waals surface area contributed by atoms with Gasteiger partial charge in [-0.2, -0.15) is 0 Å². The molecule has 0 spiro atoms. The van der Waals surface area contributed by atoms with Crippen LogP contribution in [0.5, 0.6) is 0 Å². The number of anilines is 6. The Balaban J connectivity index is 1.12. The predicted octanol–water partition coefficient (Wildman–Crippen LogP) is 14.7. The minimum Gasteiger partial charge on any atom is -0.380 e. The Morgan fingerprint density at radius 3 is 1.00 bits per heavy atom. The summed E-state index contributed by atoms with van der Waals surface area (Å²) in [6, 6.07) is 61.4. The lowest BCUT2D eigenvalue weighted by Gasteiger charge is -2.26. The van der Waals surface area contributed by atoms with Crippen molar-refractivity contribution in [3.05, 3.63) is 210 Å². The minimum absolute atomic E-state index is 0.548. The van der Waals surface area contributed by atoms with Gasteiger partial charge >= 0.3 is 0 Å². The summed E-state index contributed by atoms with van der Waals surface area (Å²) in [5.74, 6) is 0. The highest BCUT2D eigenvalue weighted by molar-refractivity contribution is 5.81. The highest BCUT2D eigenvalue weighted by Crippen LogP contribution is 2.38. The van der Waals surface area contributed by atoms with Gasteiger partial charge in [0.2, 0.25) is 0 Å². The first-order chi connectivity index (χ1) is 28.5. The van der Waals surface area contributed by atoms with Crippen LogP contribution < -0.4 is 9.80 Å². The van der Waals surface area contributed by atoms with Crippen molar-refractivity contribution in [1.82, 2.24) is 0 Å². The molecule has 0 bridgehead atoms. The maximum atomic E-state index is 6.08. The minimum atomic E-state index is 0.548. The second-order valence-corrected chi connectivity index (χ2v) is 14.8. The van der Waals surface area contributed by atoms with Crippen LogP contribution in [0.2, 0.25) is 0 Å². The largest absolute Gasteiger partial charge is 0.380 e. The third-order valence-electron chi connectivity index (χ3n) is 10.5. The van der Waals surface area contributed by atoms with Gasteiger partial charge in [-0.1, -0.05) is 136 Å². The molecule has 0 aliphatic rings. The van der Waals surface area contributed by atoms with Crippen LogP contribution in [-0.4, -0.2) is 7.11 Å². The van der Waals surface area contributed by atoms with Gasteiger partial charge in [0, 0.05) is 41.2 Å². The molecule has 7 aromatic rings. The van der Waals surface area contributed by atoms with Crippen LogP contribution in [-0.2, 0) is 42.1 Å². The zero-order valence-corrected chi connectivity index (χ0v) is 34.1. The fourth-order valence-corrected chi connectivity index (χ4v) is 7.39. The third kappa shape index (κ3) is 10.0. The molecule has 4 heteroatoms. The first-order valence-electron chi connectivity index (χ1n) is 20.5. The quantitative estimate of drug-likeness (QED) is 0.0869. The molecule has 0 heterocycles. The molecule has 7 aromatic carbocycles. The molecule has 0 radical (unpaired) electrons. The van der Waals surface area contributed by atoms with Gasteiger partial charge in [-0.05, 0) is 130 Å². The number of aryl methyl sites for hydroxylation is 2. The molecule has 0 aliphatic carbocycles. The van der Waals surface area contributed by atoms with Gasteiger partial charge < -0.3 is 19.3 Å². The van der Waals surface area contributed by atoms with Gasteiger partial charge in [-0.3, -0.25) is 0 Å². The summed E-state index contributed by atoms with van der Waals surface area (Å²) in [6.45, 7) is 10.0. The van der Waals surface area contributed by atoms with Gasteiger partial charge in [0.15, 0.2) is 0 Å². The summed E-state index contributed by atoms with van der Waals surface area (Å²) in [7, 11) is 1.73. The monoisotopic (exact) mass is 762 g/mol. The first-order valence-corrected chi connectivity index (χ1v) is 20.5. The van der Waals surface area contributed by atoms with Crippen LogP contribution >= 0.6 is 0 Å². The van der Waals surface area contributed by atoms with E-state index in [-0.39, 0.29) is 0 Å². The molecular weight excluding hydrogens is 709 g/mol. The molecule has 0 amide bonds. The van der Waals surface area contributed by atoms with Crippen molar-refractivity contribution in [2.75, 3.05) is 16.9 Å². The highest BCUT2D eigenvalue weighted by Gasteiger charge is 2.16. The lowest BCUT2D eigenvalue weighted by molar-refractivity contribution is 0.107. The summed E-state index contributed by atoms with van der Waals surface area (Å²) in [6.07, 6.45) is 6.27. The highest BCUT2D eigenvalue weighted by atomic mass is 16.5. The Morgan fingerprint density at radius 1 is 0.397 bits per heavy atom. The number of methoxy groups -OCH3 is 1. The Morgan fingerprint density at radius 2 is 0.690 bits per heavy atom. The van der Waals surface area contributed by atoms with Crippen molar-refractivity contribution in [2.45, 2.75) is 59.4 Å². The first kappa shape index (κ1) is 40.0. The Bertz CT molecular complexity index is 2260. The van der Waals surface area contributed by atoms with Crippen molar-refractivity contribution in [1.29, 1.82) is 0 Å². The van der Waals surface area contributed by atoms with Gasteiger partial charge in [0.05, 0.1) is 19.8 Å². The van der Waals surface area contributed by atoms with Crippen molar-refractivity contribution < 1.29 is 9.47 Å². The molecule has 292 valence electrons. The molecule has 7 rings (SSSR count). The average Bonchev–Trinajstić information content (AvgIpc) is 3.27. The standard InChI is InChI=1S/C54H54N2O2/c1-5-8-42-14-26-49(27-15-42)55(51-30-18-44(19-31-51)38-57-4)53-34-22-47(23-35-53)48-24-36-54(37-25-48)56(50-28-16-43(9-6-2)17-29-50)52-32-20-46(21-33-52)40-58-39-45-12-10-41(7-3)11-13-45/h7,10-37H,3,5-6,8-9,38-40H2,1-2,4H3. The van der Waals surface area contributed by atoms with Gasteiger partial charge in [0.25, 0.3) is 0 Å². The number of hydrogen-bond acceptors (Lipinski definition) is 4. The van der Waals surface area contributed by atoms with Gasteiger partial charge in [0.1, 0.15) is 0 Å². The Labute approximate surface area is 345 Å². The maximum absolute atomic E-state index is 6.08. The summed E-state index contributed by atoms with van der Waals surface area (Å²) >= 11 is 0. The topological polar surface area (TPSA) is 24.9 Å². The van der Waals surface area contributed by atoms with Crippen molar-refractivity contribution in [2.24, 2.45) is 0 Å². The molecule has 0 saturated carbocycles. The summed E-state index contributed by atoms with van der Waals surface area (Å²) in [5.41, 5.74) is 16.3. The van der Waals surface area contributed by atoms with Crippen molar-refractivity contribution >= 4 is 40.2 Å².